The fraction of sp³-hybridized carbons (Fsp3) is 0.261. The van der Waals surface area contributed by atoms with Crippen molar-refractivity contribution in [3.63, 3.8) is 0 Å². The van der Waals surface area contributed by atoms with Crippen molar-refractivity contribution in [2.45, 2.75) is 26.8 Å². The quantitative estimate of drug-likeness (QED) is 0.694. The third kappa shape index (κ3) is 3.60. The lowest BCUT2D eigenvalue weighted by molar-refractivity contribution is 0.0982. The van der Waals surface area contributed by atoms with Gasteiger partial charge in [-0.2, -0.15) is 0 Å². The van der Waals surface area contributed by atoms with Crippen LogP contribution in [-0.2, 0) is 13.0 Å². The predicted octanol–water partition coefficient (Wildman–Crippen LogP) is 4.01. The molecule has 28 heavy (non-hydrogen) atoms. The summed E-state index contributed by atoms with van der Waals surface area (Å²) >= 11 is 0. The van der Waals surface area contributed by atoms with Gasteiger partial charge in [-0.1, -0.05) is 36.4 Å². The first kappa shape index (κ1) is 18.2. The Bertz CT molecular complexity index is 984. The van der Waals surface area contributed by atoms with Crippen LogP contribution < -0.4 is 9.80 Å². The molecule has 2 aromatic carbocycles. The molecule has 0 radical (unpaired) electrons. The van der Waals surface area contributed by atoms with Crippen LogP contribution in [0, 0.1) is 6.92 Å². The van der Waals surface area contributed by atoms with Crippen LogP contribution >= 0.6 is 0 Å². The van der Waals surface area contributed by atoms with E-state index in [0.29, 0.717) is 12.2 Å². The summed E-state index contributed by atoms with van der Waals surface area (Å²) in [5.74, 6) is 0.681. The van der Waals surface area contributed by atoms with E-state index in [1.165, 1.54) is 11.1 Å². The minimum absolute atomic E-state index is 0.129. The third-order valence-electron chi connectivity index (χ3n) is 5.20. The Hall–Kier alpha value is -3.21. The molecule has 0 atom stereocenters. The van der Waals surface area contributed by atoms with E-state index in [-0.39, 0.29) is 5.91 Å². The average molecular weight is 372 g/mol. The second-order valence-corrected chi connectivity index (χ2v) is 7.11. The minimum Gasteiger partial charge on any atom is -0.350 e. The van der Waals surface area contributed by atoms with Crippen LogP contribution in [0.4, 0.5) is 11.5 Å². The molecule has 3 aromatic rings. The smallest absolute Gasteiger partial charge is 0.278 e. The van der Waals surface area contributed by atoms with Crippen LogP contribution in [0.3, 0.4) is 0 Å². The van der Waals surface area contributed by atoms with Gasteiger partial charge in [0.1, 0.15) is 0 Å². The van der Waals surface area contributed by atoms with Gasteiger partial charge in [0, 0.05) is 25.3 Å². The molecule has 0 spiro atoms. The van der Waals surface area contributed by atoms with Crippen molar-refractivity contribution in [1.82, 2.24) is 10.2 Å². The lowest BCUT2D eigenvalue weighted by Crippen LogP contribution is -2.33. The SMILES string of the molecule is CCN(C(=O)c1ccc(N2CCc3ccccc3C2)nn1)c1cccc(C)c1. The second kappa shape index (κ2) is 7.80. The molecule has 0 saturated heterocycles. The van der Waals surface area contributed by atoms with E-state index in [4.69, 9.17) is 0 Å². The summed E-state index contributed by atoms with van der Waals surface area (Å²) in [6.07, 6.45) is 0.996. The van der Waals surface area contributed by atoms with Gasteiger partial charge in [0.2, 0.25) is 0 Å². The second-order valence-electron chi connectivity index (χ2n) is 7.11. The molecule has 5 nitrogen and oxygen atoms in total. The number of amides is 1. The monoisotopic (exact) mass is 372 g/mol. The predicted molar refractivity (Wildman–Crippen MR) is 112 cm³/mol. The number of carbonyl (C=O) groups excluding carboxylic acids is 1. The average Bonchev–Trinajstić information content (AvgIpc) is 2.74. The summed E-state index contributed by atoms with van der Waals surface area (Å²) in [4.78, 5) is 16.9. The van der Waals surface area contributed by atoms with Crippen LogP contribution in [0.25, 0.3) is 0 Å². The van der Waals surface area contributed by atoms with Crippen LogP contribution in [0.2, 0.25) is 0 Å². The molecule has 0 N–H and O–H groups in total. The maximum Gasteiger partial charge on any atom is 0.278 e. The molecular formula is C23H24N4O. The van der Waals surface area contributed by atoms with Crippen molar-refractivity contribution in [1.29, 1.82) is 0 Å². The number of hydrogen-bond donors (Lipinski definition) is 0. The summed E-state index contributed by atoms with van der Waals surface area (Å²) in [5.41, 5.74) is 5.09. The largest absolute Gasteiger partial charge is 0.350 e. The molecule has 1 aliphatic rings. The van der Waals surface area contributed by atoms with Gasteiger partial charge in [-0.3, -0.25) is 4.79 Å². The van der Waals surface area contributed by atoms with Gasteiger partial charge in [0.05, 0.1) is 0 Å². The Labute approximate surface area is 165 Å². The molecule has 1 amide bonds. The first-order valence-corrected chi connectivity index (χ1v) is 9.69. The highest BCUT2D eigenvalue weighted by molar-refractivity contribution is 6.04. The number of aromatic nitrogens is 2. The number of rotatable bonds is 4. The summed E-state index contributed by atoms with van der Waals surface area (Å²) in [6, 6.07) is 20.1. The number of fused-ring (bicyclic) bond motifs is 1. The highest BCUT2D eigenvalue weighted by Crippen LogP contribution is 2.23. The van der Waals surface area contributed by atoms with E-state index < -0.39 is 0 Å². The number of carbonyl (C=O) groups is 1. The Balaban J connectivity index is 1.52. The molecule has 1 aliphatic heterocycles. The number of benzene rings is 2. The molecule has 2 heterocycles. The summed E-state index contributed by atoms with van der Waals surface area (Å²) in [6.45, 7) is 6.29. The zero-order valence-corrected chi connectivity index (χ0v) is 16.3. The van der Waals surface area contributed by atoms with E-state index in [1.54, 1.807) is 11.0 Å². The van der Waals surface area contributed by atoms with Gasteiger partial charge in [0.25, 0.3) is 5.91 Å². The summed E-state index contributed by atoms with van der Waals surface area (Å²) < 4.78 is 0. The van der Waals surface area contributed by atoms with E-state index in [2.05, 4.69) is 39.4 Å². The molecular weight excluding hydrogens is 348 g/mol. The van der Waals surface area contributed by atoms with Crippen molar-refractivity contribution in [2.24, 2.45) is 0 Å². The minimum atomic E-state index is -0.129. The van der Waals surface area contributed by atoms with Gasteiger partial charge in [-0.25, -0.2) is 0 Å². The molecule has 1 aromatic heterocycles. The lowest BCUT2D eigenvalue weighted by atomic mass is 10.00. The molecule has 5 heteroatoms. The standard InChI is InChI=1S/C23H24N4O/c1-3-27(20-10-6-7-17(2)15-20)23(28)21-11-12-22(25-24-21)26-14-13-18-8-4-5-9-19(18)16-26/h4-12,15H,3,13-14,16H2,1-2H3. The number of anilines is 2. The van der Waals surface area contributed by atoms with Crippen molar-refractivity contribution < 1.29 is 4.79 Å². The fourth-order valence-electron chi connectivity index (χ4n) is 3.68. The molecule has 0 aliphatic carbocycles. The van der Waals surface area contributed by atoms with E-state index in [9.17, 15) is 4.79 Å². The summed E-state index contributed by atoms with van der Waals surface area (Å²) in [7, 11) is 0. The summed E-state index contributed by atoms with van der Waals surface area (Å²) in [5, 5.41) is 8.60. The van der Waals surface area contributed by atoms with Gasteiger partial charge in [-0.05, 0) is 61.2 Å². The Kier molecular flexibility index (Phi) is 5.06. The van der Waals surface area contributed by atoms with Gasteiger partial charge >= 0.3 is 0 Å². The fourth-order valence-corrected chi connectivity index (χ4v) is 3.68. The van der Waals surface area contributed by atoms with Crippen LogP contribution in [-0.4, -0.2) is 29.2 Å². The van der Waals surface area contributed by atoms with Crippen molar-refractivity contribution in [3.05, 3.63) is 83.0 Å². The van der Waals surface area contributed by atoms with Crippen molar-refractivity contribution in [3.8, 4) is 0 Å². The highest BCUT2D eigenvalue weighted by atomic mass is 16.2. The zero-order valence-electron chi connectivity index (χ0n) is 16.3. The Morgan fingerprint density at radius 3 is 2.57 bits per heavy atom. The molecule has 4 rings (SSSR count). The zero-order chi connectivity index (χ0) is 19.5. The number of aryl methyl sites for hydroxylation is 1. The lowest BCUT2D eigenvalue weighted by Gasteiger charge is -2.29. The molecule has 0 unspecified atom stereocenters. The molecule has 0 bridgehead atoms. The molecule has 0 saturated carbocycles. The Morgan fingerprint density at radius 1 is 1.04 bits per heavy atom. The number of nitrogens with zero attached hydrogens (tertiary/aromatic N) is 4. The topological polar surface area (TPSA) is 49.3 Å². The Morgan fingerprint density at radius 2 is 1.86 bits per heavy atom. The van der Waals surface area contributed by atoms with Gasteiger partial charge in [0.15, 0.2) is 11.5 Å². The van der Waals surface area contributed by atoms with E-state index >= 15 is 0 Å². The normalized spacial score (nSPS) is 13.1. The first-order chi connectivity index (χ1) is 13.7. The van der Waals surface area contributed by atoms with Gasteiger partial charge < -0.3 is 9.80 Å². The highest BCUT2D eigenvalue weighted by Gasteiger charge is 2.20. The van der Waals surface area contributed by atoms with Gasteiger partial charge in [-0.15, -0.1) is 10.2 Å². The van der Waals surface area contributed by atoms with Crippen molar-refractivity contribution >= 4 is 17.4 Å². The first-order valence-electron chi connectivity index (χ1n) is 9.69. The molecule has 0 fully saturated rings. The maximum atomic E-state index is 12.9. The van der Waals surface area contributed by atoms with Crippen LogP contribution in [0.5, 0.6) is 0 Å². The maximum absolute atomic E-state index is 12.9. The number of hydrogen-bond acceptors (Lipinski definition) is 4. The van der Waals surface area contributed by atoms with Crippen LogP contribution in [0.15, 0.2) is 60.7 Å². The van der Waals surface area contributed by atoms with E-state index in [0.717, 1.165) is 36.6 Å². The van der Waals surface area contributed by atoms with Crippen LogP contribution in [0.1, 0.15) is 34.1 Å². The third-order valence-corrected chi connectivity index (χ3v) is 5.20. The molecule has 142 valence electrons. The van der Waals surface area contributed by atoms with E-state index in [1.807, 2.05) is 44.2 Å². The van der Waals surface area contributed by atoms with Crippen molar-refractivity contribution in [2.75, 3.05) is 22.9 Å².